The van der Waals surface area contributed by atoms with Crippen LogP contribution >= 0.6 is 0 Å². The van der Waals surface area contributed by atoms with Crippen LogP contribution in [-0.2, 0) is 4.79 Å². The van der Waals surface area contributed by atoms with E-state index in [9.17, 15) is 4.79 Å². The molecule has 0 radical (unpaired) electrons. The fourth-order valence-corrected chi connectivity index (χ4v) is 8.10. The van der Waals surface area contributed by atoms with Crippen LogP contribution in [0.3, 0.4) is 0 Å². The molecule has 3 nitrogen and oxygen atoms in total. The van der Waals surface area contributed by atoms with Crippen molar-refractivity contribution in [3.63, 3.8) is 0 Å². The van der Waals surface area contributed by atoms with Crippen LogP contribution in [0, 0.1) is 0 Å². The highest BCUT2D eigenvalue weighted by molar-refractivity contribution is 5.66. The number of nitrogens with two attached hydrogens (primary N) is 1. The van der Waals surface area contributed by atoms with Crippen LogP contribution in [-0.4, -0.2) is 17.1 Å². The Balaban J connectivity index is 0. The second-order valence-electron chi connectivity index (χ2n) is 18.3. The zero-order valence-corrected chi connectivity index (χ0v) is 40.3. The molecule has 0 unspecified atom stereocenters. The lowest BCUT2D eigenvalue weighted by Crippen LogP contribution is -2.19. The van der Waals surface area contributed by atoms with Gasteiger partial charge in [-0.15, -0.1) is 0 Å². The molecular formula is C55H109NO2. The van der Waals surface area contributed by atoms with E-state index >= 15 is 0 Å². The summed E-state index contributed by atoms with van der Waals surface area (Å²) in [4.78, 5) is 10.3. The lowest BCUT2D eigenvalue weighted by Gasteiger charge is -2.11. The molecule has 0 atom stereocenters. The lowest BCUT2D eigenvalue weighted by molar-refractivity contribution is -0.137. The molecule has 0 heterocycles. The predicted molar refractivity (Wildman–Crippen MR) is 263 cm³/mol. The van der Waals surface area contributed by atoms with Gasteiger partial charge in [0.25, 0.3) is 0 Å². The highest BCUT2D eigenvalue weighted by atomic mass is 16.4. The molecule has 0 saturated carbocycles. The number of hydrogen-bond acceptors (Lipinski definition) is 2. The molecule has 3 N–H and O–H groups in total. The number of carboxylic acid groups (broad SMARTS) is 1. The number of hydrogen-bond donors (Lipinski definition) is 2. The van der Waals surface area contributed by atoms with Crippen molar-refractivity contribution >= 4 is 5.97 Å². The van der Waals surface area contributed by atoms with Gasteiger partial charge in [0.1, 0.15) is 0 Å². The standard InChI is InChI=1S/C37H73N.C18H36O2/c1-3-5-7-9-11-13-15-17-19-21-23-25-27-29-31-33-35-37(38)36-34-32-30-28-26-24-22-20-18-16-14-12-10-8-6-4-2;1-2-3-4-5-6-7-8-9-10-11-12-13-14-15-16-17-18(19)20/h17-20,37H,3-16,21-36,38H2,1-2H3;2-17H2,1H3,(H,19,20)/b19-17-,20-18-;. The van der Waals surface area contributed by atoms with Gasteiger partial charge in [-0.1, -0.05) is 263 Å². The Morgan fingerprint density at radius 1 is 0.345 bits per heavy atom. The number of rotatable bonds is 48. The number of carboxylic acids is 1. The van der Waals surface area contributed by atoms with Crippen LogP contribution < -0.4 is 5.73 Å². The SMILES string of the molecule is CCCCCCCC/C=C\CCCCCCCCC(N)CCCCCCCC/C=C\CCCCCCCC.CCCCCCCCCCCCCCCCCC(=O)O. The fourth-order valence-electron chi connectivity index (χ4n) is 8.10. The summed E-state index contributed by atoms with van der Waals surface area (Å²) in [5, 5.41) is 8.52. The van der Waals surface area contributed by atoms with Crippen molar-refractivity contribution in [1.29, 1.82) is 0 Å². The summed E-state index contributed by atoms with van der Waals surface area (Å²) in [7, 11) is 0. The third-order valence-electron chi connectivity index (χ3n) is 12.2. The summed E-state index contributed by atoms with van der Waals surface area (Å²) in [5.41, 5.74) is 6.38. The number of carbonyl (C=O) groups is 1. The second kappa shape index (κ2) is 55.9. The Hall–Kier alpha value is -1.09. The van der Waals surface area contributed by atoms with Gasteiger partial charge >= 0.3 is 5.97 Å². The Labute approximate surface area is 366 Å². The zero-order valence-electron chi connectivity index (χ0n) is 40.3. The summed E-state index contributed by atoms with van der Waals surface area (Å²) >= 11 is 0. The molecule has 0 aliphatic rings. The van der Waals surface area contributed by atoms with E-state index < -0.39 is 5.97 Å². The Morgan fingerprint density at radius 3 is 0.793 bits per heavy atom. The van der Waals surface area contributed by atoms with Crippen molar-refractivity contribution in [2.75, 3.05) is 0 Å². The largest absolute Gasteiger partial charge is 0.481 e. The van der Waals surface area contributed by atoms with Crippen LogP contribution in [0.5, 0.6) is 0 Å². The molecular weight excluding hydrogens is 707 g/mol. The Morgan fingerprint density at radius 2 is 0.552 bits per heavy atom. The van der Waals surface area contributed by atoms with Crippen molar-refractivity contribution in [1.82, 2.24) is 0 Å². The molecule has 0 rings (SSSR count). The molecule has 0 aliphatic carbocycles. The molecule has 346 valence electrons. The van der Waals surface area contributed by atoms with Crippen molar-refractivity contribution < 1.29 is 9.90 Å². The predicted octanol–water partition coefficient (Wildman–Crippen LogP) is 19.5. The van der Waals surface area contributed by atoms with Crippen molar-refractivity contribution in [3.8, 4) is 0 Å². The van der Waals surface area contributed by atoms with Gasteiger partial charge in [0, 0.05) is 12.5 Å². The molecule has 0 aromatic heterocycles. The van der Waals surface area contributed by atoms with Gasteiger partial charge in [0.15, 0.2) is 0 Å². The molecule has 0 spiro atoms. The van der Waals surface area contributed by atoms with E-state index in [0.29, 0.717) is 12.5 Å². The first-order valence-corrected chi connectivity index (χ1v) is 26.9. The number of aliphatic carboxylic acids is 1. The van der Waals surface area contributed by atoms with Gasteiger partial charge in [-0.2, -0.15) is 0 Å². The van der Waals surface area contributed by atoms with Gasteiger partial charge in [0.05, 0.1) is 0 Å². The highest BCUT2D eigenvalue weighted by Crippen LogP contribution is 2.16. The highest BCUT2D eigenvalue weighted by Gasteiger charge is 2.03. The molecule has 0 bridgehead atoms. The van der Waals surface area contributed by atoms with E-state index in [4.69, 9.17) is 10.8 Å². The molecule has 58 heavy (non-hydrogen) atoms. The van der Waals surface area contributed by atoms with Crippen LogP contribution in [0.25, 0.3) is 0 Å². The summed E-state index contributed by atoms with van der Waals surface area (Å²) in [6, 6.07) is 0.448. The summed E-state index contributed by atoms with van der Waals surface area (Å²) < 4.78 is 0. The van der Waals surface area contributed by atoms with Gasteiger partial charge in [-0.3, -0.25) is 4.79 Å². The monoisotopic (exact) mass is 816 g/mol. The van der Waals surface area contributed by atoms with E-state index in [0.717, 1.165) is 12.8 Å². The van der Waals surface area contributed by atoms with E-state index in [1.54, 1.807) is 0 Å². The van der Waals surface area contributed by atoms with Crippen LogP contribution in [0.4, 0.5) is 0 Å². The quantitative estimate of drug-likeness (QED) is 0.0475. The van der Waals surface area contributed by atoms with Crippen LogP contribution in [0.1, 0.15) is 316 Å². The molecule has 3 heteroatoms. The molecule has 0 amide bonds. The number of allylic oxidation sites excluding steroid dienone is 4. The lowest BCUT2D eigenvalue weighted by atomic mass is 10.0. The van der Waals surface area contributed by atoms with Crippen LogP contribution in [0.15, 0.2) is 24.3 Å². The third kappa shape index (κ3) is 59.2. The average molecular weight is 816 g/mol. The van der Waals surface area contributed by atoms with Crippen molar-refractivity contribution in [2.24, 2.45) is 5.73 Å². The third-order valence-corrected chi connectivity index (χ3v) is 12.2. The minimum absolute atomic E-state index is 0.345. The molecule has 0 fully saturated rings. The second-order valence-corrected chi connectivity index (χ2v) is 18.3. The maximum Gasteiger partial charge on any atom is 0.303 e. The molecule has 0 aromatic carbocycles. The minimum Gasteiger partial charge on any atom is -0.481 e. The Kier molecular flexibility index (Phi) is 56.9. The first kappa shape index (κ1) is 59.0. The molecule has 0 aromatic rings. The summed E-state index contributed by atoms with van der Waals surface area (Å²) in [5.74, 6) is -0.653. The minimum atomic E-state index is -0.653. The molecule has 0 saturated heterocycles. The zero-order chi connectivity index (χ0) is 42.5. The van der Waals surface area contributed by atoms with Gasteiger partial charge in [0.2, 0.25) is 0 Å². The normalized spacial score (nSPS) is 11.7. The smallest absolute Gasteiger partial charge is 0.303 e. The van der Waals surface area contributed by atoms with E-state index in [2.05, 4.69) is 45.1 Å². The van der Waals surface area contributed by atoms with Gasteiger partial charge < -0.3 is 10.8 Å². The maximum atomic E-state index is 10.3. The Bertz CT molecular complexity index is 749. The van der Waals surface area contributed by atoms with Gasteiger partial charge in [-0.25, -0.2) is 0 Å². The first-order chi connectivity index (χ1) is 28.6. The van der Waals surface area contributed by atoms with Gasteiger partial charge in [-0.05, 0) is 70.6 Å². The maximum absolute atomic E-state index is 10.3. The summed E-state index contributed by atoms with van der Waals surface area (Å²) in [6.45, 7) is 6.85. The van der Waals surface area contributed by atoms with E-state index in [-0.39, 0.29) is 0 Å². The van der Waals surface area contributed by atoms with Crippen LogP contribution in [0.2, 0.25) is 0 Å². The first-order valence-electron chi connectivity index (χ1n) is 26.9. The topological polar surface area (TPSA) is 63.3 Å². The average Bonchev–Trinajstić information content (AvgIpc) is 3.22. The van der Waals surface area contributed by atoms with Crippen molar-refractivity contribution in [3.05, 3.63) is 24.3 Å². The van der Waals surface area contributed by atoms with E-state index in [1.165, 1.54) is 276 Å². The summed E-state index contributed by atoms with van der Waals surface area (Å²) in [6.07, 6.45) is 71.1. The molecule has 0 aliphatic heterocycles. The number of unbranched alkanes of at least 4 members (excludes halogenated alkanes) is 38. The van der Waals surface area contributed by atoms with E-state index in [1.807, 2.05) is 0 Å². The fraction of sp³-hybridized carbons (Fsp3) is 0.909. The van der Waals surface area contributed by atoms with Crippen molar-refractivity contribution in [2.45, 2.75) is 322 Å².